The van der Waals surface area contributed by atoms with E-state index in [9.17, 15) is 4.79 Å². The van der Waals surface area contributed by atoms with Crippen molar-refractivity contribution in [2.45, 2.75) is 12.5 Å². The minimum absolute atomic E-state index is 0.154. The van der Waals surface area contributed by atoms with Crippen LogP contribution in [-0.2, 0) is 0 Å². The number of rotatable bonds is 0. The lowest BCUT2D eigenvalue weighted by molar-refractivity contribution is 0.0779. The standard InChI is InChI=1S/C13H11NO/c1-2-9-7-12-10-5-3-4-6-11(10)13(15)14(12)8-9/h3-6,12H,1,7-8H2. The summed E-state index contributed by atoms with van der Waals surface area (Å²) in [6.07, 6.45) is 0.895. The first-order valence-electron chi connectivity index (χ1n) is 5.09. The summed E-state index contributed by atoms with van der Waals surface area (Å²) >= 11 is 0. The molecular formula is C13H11NO. The van der Waals surface area contributed by atoms with Crippen molar-refractivity contribution in [3.63, 3.8) is 0 Å². The Kier molecular flexibility index (Phi) is 1.62. The average molecular weight is 197 g/mol. The molecule has 0 saturated carbocycles. The van der Waals surface area contributed by atoms with Crippen LogP contribution in [0.3, 0.4) is 0 Å². The number of benzene rings is 1. The van der Waals surface area contributed by atoms with Gasteiger partial charge in [0.05, 0.1) is 12.6 Å². The molecule has 1 amide bonds. The largest absolute Gasteiger partial charge is 0.327 e. The van der Waals surface area contributed by atoms with Crippen molar-refractivity contribution in [2.24, 2.45) is 0 Å². The molecule has 0 bridgehead atoms. The lowest BCUT2D eigenvalue weighted by Crippen LogP contribution is -2.22. The van der Waals surface area contributed by atoms with E-state index in [0.29, 0.717) is 6.54 Å². The molecule has 3 rings (SSSR count). The highest BCUT2D eigenvalue weighted by molar-refractivity contribution is 5.99. The van der Waals surface area contributed by atoms with E-state index < -0.39 is 0 Å². The van der Waals surface area contributed by atoms with Crippen molar-refractivity contribution >= 4 is 5.91 Å². The molecule has 0 N–H and O–H groups in total. The van der Waals surface area contributed by atoms with E-state index in [-0.39, 0.29) is 11.9 Å². The van der Waals surface area contributed by atoms with E-state index in [4.69, 9.17) is 0 Å². The van der Waals surface area contributed by atoms with Crippen LogP contribution in [0.2, 0.25) is 0 Å². The third-order valence-corrected chi connectivity index (χ3v) is 3.24. The Morgan fingerprint density at radius 2 is 2.20 bits per heavy atom. The summed E-state index contributed by atoms with van der Waals surface area (Å²) < 4.78 is 0. The number of carbonyl (C=O) groups is 1. The molecule has 1 aromatic carbocycles. The summed E-state index contributed by atoms with van der Waals surface area (Å²) in [5.74, 6) is 0.154. The van der Waals surface area contributed by atoms with Gasteiger partial charge in [0.15, 0.2) is 0 Å². The third-order valence-electron chi connectivity index (χ3n) is 3.24. The van der Waals surface area contributed by atoms with E-state index in [0.717, 1.165) is 23.1 Å². The maximum Gasteiger partial charge on any atom is 0.255 e. The molecule has 2 heteroatoms. The van der Waals surface area contributed by atoms with E-state index in [2.05, 4.69) is 12.3 Å². The normalized spacial score (nSPS) is 22.7. The topological polar surface area (TPSA) is 20.3 Å². The lowest BCUT2D eigenvalue weighted by atomic mass is 10.0. The molecule has 0 radical (unpaired) electrons. The summed E-state index contributed by atoms with van der Waals surface area (Å²) in [4.78, 5) is 13.9. The van der Waals surface area contributed by atoms with Crippen LogP contribution >= 0.6 is 0 Å². The van der Waals surface area contributed by atoms with Crippen LogP contribution in [0, 0.1) is 0 Å². The van der Waals surface area contributed by atoms with Gasteiger partial charge in [-0.1, -0.05) is 24.8 Å². The average Bonchev–Trinajstić information content (AvgIpc) is 2.80. The van der Waals surface area contributed by atoms with Crippen LogP contribution in [0.1, 0.15) is 28.4 Å². The number of amides is 1. The number of nitrogens with zero attached hydrogens (tertiary/aromatic N) is 1. The zero-order chi connectivity index (χ0) is 10.4. The number of carbonyl (C=O) groups excluding carboxylic acids is 1. The molecule has 1 fully saturated rings. The van der Waals surface area contributed by atoms with Crippen molar-refractivity contribution in [3.8, 4) is 0 Å². The van der Waals surface area contributed by atoms with Crippen molar-refractivity contribution in [1.82, 2.24) is 4.90 Å². The zero-order valence-corrected chi connectivity index (χ0v) is 8.36. The van der Waals surface area contributed by atoms with Gasteiger partial charge in [-0.2, -0.15) is 0 Å². The monoisotopic (exact) mass is 197 g/mol. The van der Waals surface area contributed by atoms with Crippen LogP contribution in [0.4, 0.5) is 0 Å². The van der Waals surface area contributed by atoms with Crippen LogP contribution in [0.25, 0.3) is 0 Å². The molecule has 1 saturated heterocycles. The molecule has 2 heterocycles. The first-order chi connectivity index (χ1) is 7.31. The van der Waals surface area contributed by atoms with Crippen molar-refractivity contribution < 1.29 is 4.79 Å². The fourth-order valence-electron chi connectivity index (χ4n) is 2.48. The minimum atomic E-state index is 0.154. The first kappa shape index (κ1) is 8.51. The van der Waals surface area contributed by atoms with Crippen molar-refractivity contribution in [1.29, 1.82) is 0 Å². The molecule has 1 atom stereocenters. The summed E-state index contributed by atoms with van der Waals surface area (Å²) in [7, 11) is 0. The molecular weight excluding hydrogens is 186 g/mol. The van der Waals surface area contributed by atoms with Crippen molar-refractivity contribution in [3.05, 3.63) is 53.3 Å². The first-order valence-corrected chi connectivity index (χ1v) is 5.09. The van der Waals surface area contributed by atoms with Crippen molar-refractivity contribution in [2.75, 3.05) is 6.54 Å². The van der Waals surface area contributed by atoms with Gasteiger partial charge in [0, 0.05) is 12.0 Å². The van der Waals surface area contributed by atoms with E-state index in [1.165, 1.54) is 0 Å². The molecule has 74 valence electrons. The quantitative estimate of drug-likeness (QED) is 0.584. The highest BCUT2D eigenvalue weighted by atomic mass is 16.2. The Hall–Kier alpha value is -1.79. The predicted octanol–water partition coefficient (Wildman–Crippen LogP) is 2.30. The second-order valence-corrected chi connectivity index (χ2v) is 4.02. The van der Waals surface area contributed by atoms with Gasteiger partial charge in [-0.05, 0) is 17.2 Å². The highest BCUT2D eigenvalue weighted by Crippen LogP contribution is 2.42. The van der Waals surface area contributed by atoms with Gasteiger partial charge in [0.25, 0.3) is 5.91 Å². The van der Waals surface area contributed by atoms with Gasteiger partial charge >= 0.3 is 0 Å². The van der Waals surface area contributed by atoms with Gasteiger partial charge in [-0.15, -0.1) is 5.73 Å². The fraction of sp³-hybridized carbons (Fsp3) is 0.231. The van der Waals surface area contributed by atoms with E-state index in [1.807, 2.05) is 29.2 Å². The number of hydrogen-bond donors (Lipinski definition) is 0. The number of fused-ring (bicyclic) bond motifs is 3. The Bertz CT molecular complexity index is 497. The maximum absolute atomic E-state index is 12.0. The fourth-order valence-corrected chi connectivity index (χ4v) is 2.48. The van der Waals surface area contributed by atoms with Crippen LogP contribution < -0.4 is 0 Å². The molecule has 2 nitrogen and oxygen atoms in total. The van der Waals surface area contributed by atoms with Gasteiger partial charge in [0.1, 0.15) is 0 Å². The van der Waals surface area contributed by atoms with Gasteiger partial charge in [-0.25, -0.2) is 0 Å². The highest BCUT2D eigenvalue weighted by Gasteiger charge is 2.40. The van der Waals surface area contributed by atoms with Crippen LogP contribution in [0.15, 0.2) is 42.1 Å². The van der Waals surface area contributed by atoms with E-state index >= 15 is 0 Å². The second-order valence-electron chi connectivity index (χ2n) is 4.02. The molecule has 0 aromatic heterocycles. The summed E-state index contributed by atoms with van der Waals surface area (Å²) in [5, 5.41) is 0. The summed E-state index contributed by atoms with van der Waals surface area (Å²) in [6.45, 7) is 4.35. The summed E-state index contributed by atoms with van der Waals surface area (Å²) in [5.41, 5.74) is 6.08. The second kappa shape index (κ2) is 2.85. The van der Waals surface area contributed by atoms with E-state index in [1.54, 1.807) is 0 Å². The van der Waals surface area contributed by atoms with Gasteiger partial charge in [-0.3, -0.25) is 4.79 Å². The summed E-state index contributed by atoms with van der Waals surface area (Å²) in [6, 6.07) is 8.10. The Balaban J connectivity index is 2.13. The third kappa shape index (κ3) is 1.03. The lowest BCUT2D eigenvalue weighted by Gasteiger charge is -2.13. The van der Waals surface area contributed by atoms with Gasteiger partial charge < -0.3 is 4.90 Å². The Labute approximate surface area is 88.5 Å². The molecule has 0 aliphatic carbocycles. The Morgan fingerprint density at radius 1 is 1.40 bits per heavy atom. The zero-order valence-electron chi connectivity index (χ0n) is 8.36. The molecule has 2 aliphatic heterocycles. The molecule has 2 aliphatic rings. The minimum Gasteiger partial charge on any atom is -0.327 e. The SMILES string of the molecule is C=C=C1CC2c3ccccc3C(=O)N2C1. The predicted molar refractivity (Wildman–Crippen MR) is 57.5 cm³/mol. The van der Waals surface area contributed by atoms with Crippen LogP contribution in [-0.4, -0.2) is 17.4 Å². The molecule has 0 spiro atoms. The smallest absolute Gasteiger partial charge is 0.255 e. The number of hydrogen-bond acceptors (Lipinski definition) is 1. The Morgan fingerprint density at radius 3 is 3.00 bits per heavy atom. The van der Waals surface area contributed by atoms with Crippen LogP contribution in [0.5, 0.6) is 0 Å². The maximum atomic E-state index is 12.0. The van der Waals surface area contributed by atoms with Gasteiger partial charge in [0.2, 0.25) is 0 Å². The molecule has 1 unspecified atom stereocenters. The molecule has 15 heavy (non-hydrogen) atoms. The molecule has 1 aromatic rings.